The number of aryl methyl sites for hydroxylation is 1. The summed E-state index contributed by atoms with van der Waals surface area (Å²) in [5.41, 5.74) is 4.80. The van der Waals surface area contributed by atoms with Crippen LogP contribution in [0, 0.1) is 6.92 Å². The number of aromatic nitrogens is 2. The molecule has 0 bridgehead atoms. The number of hydrogen-bond acceptors (Lipinski definition) is 3. The Labute approximate surface area is 213 Å². The highest BCUT2D eigenvalue weighted by Crippen LogP contribution is 2.42. The van der Waals surface area contributed by atoms with Gasteiger partial charge in [-0.1, -0.05) is 62.2 Å². The molecule has 2 aliphatic rings. The molecule has 2 atom stereocenters. The number of amides is 2. The van der Waals surface area contributed by atoms with Crippen LogP contribution in [0.1, 0.15) is 73.0 Å². The molecule has 3 aromatic rings. The van der Waals surface area contributed by atoms with Gasteiger partial charge in [0.05, 0.1) is 11.7 Å². The predicted octanol–water partition coefficient (Wildman–Crippen LogP) is 6.51. The van der Waals surface area contributed by atoms with Gasteiger partial charge in [0.2, 0.25) is 0 Å². The number of urea groups is 1. The van der Waals surface area contributed by atoms with E-state index in [1.807, 2.05) is 16.7 Å². The molecule has 1 aliphatic heterocycles. The number of nitrogens with zero attached hydrogens (tertiary/aromatic N) is 3. The third-order valence-corrected chi connectivity index (χ3v) is 8.34. The zero-order valence-electron chi connectivity index (χ0n) is 20.8. The van der Waals surface area contributed by atoms with E-state index in [1.165, 1.54) is 41.8 Å². The SMILES string of the molecule is CCSc1ccc(CNC(=O)N2CC(c3ccccc3)C(c3cc(C)nn3C3CCCC3)C2)cc1. The zero-order valence-corrected chi connectivity index (χ0v) is 21.6. The van der Waals surface area contributed by atoms with Gasteiger partial charge in [-0.2, -0.15) is 5.10 Å². The van der Waals surface area contributed by atoms with Crippen LogP contribution in [-0.2, 0) is 6.54 Å². The molecule has 5 nitrogen and oxygen atoms in total. The third-order valence-electron chi connectivity index (χ3n) is 7.45. The minimum atomic E-state index is 0.0177. The molecule has 0 radical (unpaired) electrons. The standard InChI is InChI=1S/C29H36N4OS/c1-3-35-25-15-13-22(14-16-25)18-30-29(34)32-19-26(23-9-5-4-6-10-23)27(20-32)28-17-21(2)31-33(28)24-11-7-8-12-24/h4-6,9-10,13-17,24,26-27H,3,7-8,11-12,18-20H2,1-2H3,(H,30,34). The number of hydrogen-bond donors (Lipinski definition) is 1. The lowest BCUT2D eigenvalue weighted by atomic mass is 9.86. The van der Waals surface area contributed by atoms with Gasteiger partial charge >= 0.3 is 6.03 Å². The Kier molecular flexibility index (Phi) is 7.47. The van der Waals surface area contributed by atoms with Crippen molar-refractivity contribution in [3.05, 3.63) is 83.2 Å². The molecule has 1 aliphatic carbocycles. The molecule has 0 spiro atoms. The molecular formula is C29H36N4OS. The summed E-state index contributed by atoms with van der Waals surface area (Å²) in [5, 5.41) is 8.10. The van der Waals surface area contributed by atoms with Gasteiger partial charge in [0.1, 0.15) is 0 Å². The predicted molar refractivity (Wildman–Crippen MR) is 143 cm³/mol. The Morgan fingerprint density at radius 2 is 1.74 bits per heavy atom. The van der Waals surface area contributed by atoms with Crippen LogP contribution < -0.4 is 5.32 Å². The van der Waals surface area contributed by atoms with E-state index in [0.29, 0.717) is 12.6 Å². The first-order valence-electron chi connectivity index (χ1n) is 13.0. The van der Waals surface area contributed by atoms with Gasteiger partial charge < -0.3 is 10.2 Å². The number of carbonyl (C=O) groups excluding carboxylic acids is 1. The summed E-state index contributed by atoms with van der Waals surface area (Å²) < 4.78 is 2.31. The molecule has 6 heteroatoms. The highest BCUT2D eigenvalue weighted by atomic mass is 32.2. The van der Waals surface area contributed by atoms with Crippen LogP contribution >= 0.6 is 11.8 Å². The maximum absolute atomic E-state index is 13.3. The van der Waals surface area contributed by atoms with Crippen molar-refractivity contribution >= 4 is 17.8 Å². The second-order valence-corrected chi connectivity index (χ2v) is 11.2. The van der Waals surface area contributed by atoms with Crippen molar-refractivity contribution in [2.75, 3.05) is 18.8 Å². The zero-order chi connectivity index (χ0) is 24.2. The number of thioether (sulfide) groups is 1. The van der Waals surface area contributed by atoms with E-state index in [0.717, 1.165) is 30.1 Å². The quantitative estimate of drug-likeness (QED) is 0.386. The smallest absolute Gasteiger partial charge is 0.317 e. The van der Waals surface area contributed by atoms with E-state index >= 15 is 0 Å². The van der Waals surface area contributed by atoms with Crippen molar-refractivity contribution in [1.29, 1.82) is 0 Å². The average Bonchev–Trinajstić information content (AvgIpc) is 3.63. The normalized spacial score (nSPS) is 20.5. The lowest BCUT2D eigenvalue weighted by Crippen LogP contribution is -2.38. The Morgan fingerprint density at radius 3 is 2.46 bits per heavy atom. The summed E-state index contributed by atoms with van der Waals surface area (Å²) in [6, 6.07) is 22.0. The molecule has 1 aromatic heterocycles. The second kappa shape index (κ2) is 10.9. The summed E-state index contributed by atoms with van der Waals surface area (Å²) in [6.45, 7) is 6.24. The van der Waals surface area contributed by atoms with E-state index in [2.05, 4.69) is 84.5 Å². The third kappa shape index (κ3) is 5.43. The fourth-order valence-electron chi connectivity index (χ4n) is 5.72. The molecule has 2 heterocycles. The van der Waals surface area contributed by atoms with Crippen molar-refractivity contribution in [2.45, 2.75) is 68.8 Å². The van der Waals surface area contributed by atoms with Crippen molar-refractivity contribution in [2.24, 2.45) is 0 Å². The van der Waals surface area contributed by atoms with Gasteiger partial charge in [0.25, 0.3) is 0 Å². The minimum Gasteiger partial charge on any atom is -0.334 e. The Bertz CT molecular complexity index is 1120. The van der Waals surface area contributed by atoms with Crippen molar-refractivity contribution < 1.29 is 4.79 Å². The van der Waals surface area contributed by atoms with Gasteiger partial charge in [-0.25, -0.2) is 4.79 Å². The lowest BCUT2D eigenvalue weighted by Gasteiger charge is -2.22. The molecule has 2 aromatic carbocycles. The highest BCUT2D eigenvalue weighted by molar-refractivity contribution is 7.99. The first-order chi connectivity index (χ1) is 17.1. The van der Waals surface area contributed by atoms with Gasteiger partial charge in [0.15, 0.2) is 0 Å². The fourth-order valence-corrected chi connectivity index (χ4v) is 6.38. The maximum atomic E-state index is 13.3. The number of rotatable bonds is 7. The van der Waals surface area contributed by atoms with Crippen molar-refractivity contribution in [1.82, 2.24) is 20.0 Å². The van der Waals surface area contributed by atoms with Gasteiger partial charge in [-0.05, 0) is 54.8 Å². The lowest BCUT2D eigenvalue weighted by molar-refractivity contribution is 0.207. The summed E-state index contributed by atoms with van der Waals surface area (Å²) in [5.74, 6) is 1.58. The molecule has 184 valence electrons. The van der Waals surface area contributed by atoms with Crippen LogP contribution in [-0.4, -0.2) is 39.6 Å². The topological polar surface area (TPSA) is 50.2 Å². The second-order valence-electron chi connectivity index (χ2n) is 9.86. The first-order valence-corrected chi connectivity index (χ1v) is 14.0. The molecule has 2 unspecified atom stereocenters. The first kappa shape index (κ1) is 24.0. The number of nitrogens with one attached hydrogen (secondary N) is 1. The molecule has 5 rings (SSSR count). The van der Waals surface area contributed by atoms with E-state index in [9.17, 15) is 4.79 Å². The Hall–Kier alpha value is -2.73. The minimum absolute atomic E-state index is 0.0177. The Balaban J connectivity index is 1.34. The van der Waals surface area contributed by atoms with E-state index in [-0.39, 0.29) is 17.9 Å². The van der Waals surface area contributed by atoms with E-state index < -0.39 is 0 Å². The van der Waals surface area contributed by atoms with Crippen molar-refractivity contribution in [3.63, 3.8) is 0 Å². The maximum Gasteiger partial charge on any atom is 0.317 e. The monoisotopic (exact) mass is 488 g/mol. The van der Waals surface area contributed by atoms with Crippen LogP contribution in [0.5, 0.6) is 0 Å². The summed E-state index contributed by atoms with van der Waals surface area (Å²) in [6.07, 6.45) is 4.97. The van der Waals surface area contributed by atoms with Gasteiger partial charge in [-0.3, -0.25) is 4.68 Å². The molecule has 1 saturated carbocycles. The summed E-state index contributed by atoms with van der Waals surface area (Å²) in [4.78, 5) is 16.5. The highest BCUT2D eigenvalue weighted by Gasteiger charge is 2.39. The van der Waals surface area contributed by atoms with E-state index in [4.69, 9.17) is 5.10 Å². The molecule has 1 N–H and O–H groups in total. The van der Waals surface area contributed by atoms with Gasteiger partial charge in [-0.15, -0.1) is 11.8 Å². The average molecular weight is 489 g/mol. The Morgan fingerprint density at radius 1 is 1.03 bits per heavy atom. The van der Waals surface area contributed by atoms with Crippen LogP contribution in [0.2, 0.25) is 0 Å². The molecule has 35 heavy (non-hydrogen) atoms. The van der Waals surface area contributed by atoms with Gasteiger partial charge in [0, 0.05) is 42.1 Å². The molecule has 2 amide bonds. The van der Waals surface area contributed by atoms with E-state index in [1.54, 1.807) is 0 Å². The van der Waals surface area contributed by atoms with Crippen LogP contribution in [0.15, 0.2) is 65.6 Å². The number of carbonyl (C=O) groups is 1. The molecular weight excluding hydrogens is 452 g/mol. The molecule has 1 saturated heterocycles. The summed E-state index contributed by atoms with van der Waals surface area (Å²) >= 11 is 1.83. The van der Waals surface area contributed by atoms with Crippen LogP contribution in [0.4, 0.5) is 4.79 Å². The molecule has 2 fully saturated rings. The van der Waals surface area contributed by atoms with Crippen LogP contribution in [0.25, 0.3) is 0 Å². The van der Waals surface area contributed by atoms with Crippen molar-refractivity contribution in [3.8, 4) is 0 Å². The fraction of sp³-hybridized carbons (Fsp3) is 0.448. The summed E-state index contributed by atoms with van der Waals surface area (Å²) in [7, 11) is 0. The largest absolute Gasteiger partial charge is 0.334 e. The number of benzene rings is 2. The van der Waals surface area contributed by atoms with Crippen LogP contribution in [0.3, 0.4) is 0 Å². The number of likely N-dealkylation sites (tertiary alicyclic amines) is 1.